The first-order valence-corrected chi connectivity index (χ1v) is 30.0. The number of unbranched alkanes of at least 4 members (excludes halogenated alkanes) is 33. The molecule has 0 heterocycles. The van der Waals surface area contributed by atoms with Crippen LogP contribution in [0.5, 0.6) is 0 Å². The number of likely N-dealkylation sites (N-methyl/N-ethyl adjacent to an activating group) is 1. The van der Waals surface area contributed by atoms with Crippen molar-refractivity contribution in [2.24, 2.45) is 0 Å². The van der Waals surface area contributed by atoms with E-state index in [0.29, 0.717) is 17.4 Å². The summed E-state index contributed by atoms with van der Waals surface area (Å²) in [5.41, 5.74) is 0. The van der Waals surface area contributed by atoms with E-state index in [-0.39, 0.29) is 19.1 Å². The van der Waals surface area contributed by atoms with Crippen LogP contribution >= 0.6 is 7.82 Å². The number of quaternary nitrogens is 1. The maximum Gasteiger partial charge on any atom is 0.472 e. The second-order valence-corrected chi connectivity index (χ2v) is 22.1. The number of phosphoric ester groups is 1. The van der Waals surface area contributed by atoms with E-state index in [0.717, 1.165) is 64.2 Å². The number of nitrogens with zero attached hydrogens (tertiary/aromatic N) is 1. The minimum Gasteiger partial charge on any atom is -0.387 e. The summed E-state index contributed by atoms with van der Waals surface area (Å²) in [6.45, 7) is 4.79. The van der Waals surface area contributed by atoms with Crippen molar-refractivity contribution in [2.45, 2.75) is 276 Å². The molecule has 0 aromatic rings. The van der Waals surface area contributed by atoms with Crippen molar-refractivity contribution < 1.29 is 32.9 Å². The summed E-state index contributed by atoms with van der Waals surface area (Å²) in [4.78, 5) is 23.2. The average molecular weight is 965 g/mol. The Hall–Kier alpha value is -1.54. The molecule has 1 amide bonds. The van der Waals surface area contributed by atoms with Crippen LogP contribution in [0, 0.1) is 0 Å². The molecule has 8 nitrogen and oxygen atoms in total. The quantitative estimate of drug-likeness (QED) is 0.0243. The lowest BCUT2D eigenvalue weighted by Crippen LogP contribution is -2.45. The smallest absolute Gasteiger partial charge is 0.387 e. The number of rotatable bonds is 52. The fourth-order valence-electron chi connectivity index (χ4n) is 8.27. The number of carbonyl (C=O) groups excluding carboxylic acids is 1. The zero-order valence-corrected chi connectivity index (χ0v) is 45.8. The minimum atomic E-state index is -4.36. The average Bonchev–Trinajstić information content (AvgIpc) is 3.29. The number of amides is 1. The van der Waals surface area contributed by atoms with Gasteiger partial charge in [-0.15, -0.1) is 0 Å². The van der Waals surface area contributed by atoms with Crippen LogP contribution in [-0.4, -0.2) is 73.4 Å². The lowest BCUT2D eigenvalue weighted by atomic mass is 10.0. The third kappa shape index (κ3) is 52.1. The van der Waals surface area contributed by atoms with E-state index in [1.54, 1.807) is 6.08 Å². The number of phosphoric acid groups is 1. The molecule has 0 aliphatic rings. The van der Waals surface area contributed by atoms with Crippen LogP contribution in [0.15, 0.2) is 48.6 Å². The topological polar surface area (TPSA) is 105 Å². The van der Waals surface area contributed by atoms with Gasteiger partial charge in [0.05, 0.1) is 39.9 Å². The van der Waals surface area contributed by atoms with Gasteiger partial charge in [-0.1, -0.05) is 242 Å². The van der Waals surface area contributed by atoms with Crippen LogP contribution in [0.4, 0.5) is 0 Å². The van der Waals surface area contributed by atoms with Crippen molar-refractivity contribution in [1.82, 2.24) is 5.32 Å². The second-order valence-electron chi connectivity index (χ2n) is 20.7. The Bertz CT molecular complexity index is 1230. The molecule has 0 aliphatic heterocycles. The van der Waals surface area contributed by atoms with Crippen LogP contribution in [0.2, 0.25) is 0 Å². The fraction of sp³-hybridized carbons (Fsp3) is 0.845. The molecule has 0 bridgehead atoms. The summed E-state index contributed by atoms with van der Waals surface area (Å²) in [6.07, 6.45) is 65.1. The highest BCUT2D eigenvalue weighted by Gasteiger charge is 2.27. The molecule has 9 heteroatoms. The first-order chi connectivity index (χ1) is 32.5. The molecule has 3 atom stereocenters. The number of hydrogen-bond acceptors (Lipinski definition) is 5. The SMILES string of the molecule is CCCCCC/C=C\C/C=C\CCCCCCCC(=O)NC(COP(=O)(O)OCC[N+](C)(C)C)C(O)/C=C/CC/C=C/CCCCCCCCCCCCCCCCCCCCCCCCC. The summed E-state index contributed by atoms with van der Waals surface area (Å²) in [6, 6.07) is -0.872. The van der Waals surface area contributed by atoms with Gasteiger partial charge in [0.2, 0.25) is 5.91 Å². The van der Waals surface area contributed by atoms with Gasteiger partial charge in [-0.25, -0.2) is 4.57 Å². The van der Waals surface area contributed by atoms with E-state index in [9.17, 15) is 19.4 Å². The highest BCUT2D eigenvalue weighted by atomic mass is 31.2. The Labute approximate surface area is 416 Å². The highest BCUT2D eigenvalue weighted by molar-refractivity contribution is 7.47. The fourth-order valence-corrected chi connectivity index (χ4v) is 9.00. The first kappa shape index (κ1) is 65.5. The molecule has 0 rings (SSSR count). The molecule has 0 radical (unpaired) electrons. The summed E-state index contributed by atoms with van der Waals surface area (Å²) in [5.74, 6) is -0.199. The monoisotopic (exact) mass is 964 g/mol. The molecule has 3 unspecified atom stereocenters. The second kappa shape index (κ2) is 49.4. The largest absolute Gasteiger partial charge is 0.472 e. The Kier molecular flexibility index (Phi) is 48.3. The van der Waals surface area contributed by atoms with Crippen molar-refractivity contribution >= 4 is 13.7 Å². The Morgan fingerprint density at radius 2 is 0.866 bits per heavy atom. The lowest BCUT2D eigenvalue weighted by Gasteiger charge is -2.25. The highest BCUT2D eigenvalue weighted by Crippen LogP contribution is 2.43. The predicted molar refractivity (Wildman–Crippen MR) is 291 cm³/mol. The van der Waals surface area contributed by atoms with Crippen molar-refractivity contribution in [1.29, 1.82) is 0 Å². The van der Waals surface area contributed by atoms with E-state index >= 15 is 0 Å². The molecule has 0 aromatic carbocycles. The van der Waals surface area contributed by atoms with Crippen LogP contribution in [0.1, 0.15) is 264 Å². The molecule has 67 heavy (non-hydrogen) atoms. The van der Waals surface area contributed by atoms with Crippen molar-refractivity contribution in [3.8, 4) is 0 Å². The minimum absolute atomic E-state index is 0.0524. The number of aliphatic hydroxyl groups excluding tert-OH is 1. The van der Waals surface area contributed by atoms with Crippen molar-refractivity contribution in [2.75, 3.05) is 40.9 Å². The molecule has 0 saturated carbocycles. The van der Waals surface area contributed by atoms with Crippen LogP contribution < -0.4 is 5.32 Å². The number of nitrogens with one attached hydrogen (secondary N) is 1. The molecule has 3 N–H and O–H groups in total. The van der Waals surface area contributed by atoms with E-state index < -0.39 is 20.0 Å². The number of allylic oxidation sites excluding steroid dienone is 7. The molecule has 0 fully saturated rings. The van der Waals surface area contributed by atoms with Crippen molar-refractivity contribution in [3.63, 3.8) is 0 Å². The molecule has 394 valence electrons. The molecule has 0 spiro atoms. The summed E-state index contributed by atoms with van der Waals surface area (Å²) < 4.78 is 23.7. The maximum atomic E-state index is 12.9. The van der Waals surface area contributed by atoms with Gasteiger partial charge in [0.1, 0.15) is 13.2 Å². The van der Waals surface area contributed by atoms with Gasteiger partial charge in [-0.05, 0) is 64.2 Å². The third-order valence-corrected chi connectivity index (χ3v) is 13.8. The third-order valence-electron chi connectivity index (χ3n) is 12.8. The maximum absolute atomic E-state index is 12.9. The van der Waals surface area contributed by atoms with Gasteiger partial charge in [-0.2, -0.15) is 0 Å². The Morgan fingerprint density at radius 1 is 0.507 bits per heavy atom. The Balaban J connectivity index is 4.21. The number of carbonyl (C=O) groups is 1. The zero-order chi connectivity index (χ0) is 49.2. The zero-order valence-electron chi connectivity index (χ0n) is 44.9. The van der Waals surface area contributed by atoms with Crippen molar-refractivity contribution in [3.05, 3.63) is 48.6 Å². The van der Waals surface area contributed by atoms with Gasteiger partial charge >= 0.3 is 7.82 Å². The van der Waals surface area contributed by atoms with Crippen LogP contribution in [-0.2, 0) is 18.4 Å². The molecular weight excluding hydrogens is 852 g/mol. The first-order valence-electron chi connectivity index (χ1n) is 28.5. The van der Waals surface area contributed by atoms with E-state index in [4.69, 9.17) is 9.05 Å². The predicted octanol–water partition coefficient (Wildman–Crippen LogP) is 17.2. The van der Waals surface area contributed by atoms with Gasteiger partial charge in [-0.3, -0.25) is 13.8 Å². The summed E-state index contributed by atoms with van der Waals surface area (Å²) in [7, 11) is 1.55. The molecule has 0 saturated heterocycles. The standard InChI is InChI=1S/C58H111N2O6P/c1-6-8-10-12-14-16-18-20-22-24-25-26-27-28-29-30-31-32-33-34-35-36-37-39-41-43-45-47-49-51-57(61)56(55-66-67(63,64)65-54-53-60(3,4)5)59-58(62)52-50-48-46-44-42-40-38-23-21-19-17-15-13-11-9-7-2/h17,19,23,38,41,43,49,51,56-57,61H,6-16,18,20-22,24-37,39-40,42,44-48,50,52-55H2,1-5H3,(H-,59,62,63,64)/p+1/b19-17-,38-23-,43-41+,51-49+. The molecule has 0 aliphatic carbocycles. The summed E-state index contributed by atoms with van der Waals surface area (Å²) >= 11 is 0. The van der Waals surface area contributed by atoms with Gasteiger partial charge in [0, 0.05) is 6.42 Å². The van der Waals surface area contributed by atoms with Gasteiger partial charge < -0.3 is 19.8 Å². The van der Waals surface area contributed by atoms with Crippen LogP contribution in [0.25, 0.3) is 0 Å². The Morgan fingerprint density at radius 3 is 1.30 bits per heavy atom. The van der Waals surface area contributed by atoms with Gasteiger partial charge in [0.15, 0.2) is 0 Å². The molecular formula is C58H112N2O6P+. The van der Waals surface area contributed by atoms with E-state index in [1.807, 2.05) is 27.2 Å². The summed E-state index contributed by atoms with van der Waals surface area (Å²) in [5, 5.41) is 13.9. The lowest BCUT2D eigenvalue weighted by molar-refractivity contribution is -0.870. The number of hydrogen-bond donors (Lipinski definition) is 3. The normalized spacial score (nSPS) is 14.3. The van der Waals surface area contributed by atoms with Gasteiger partial charge in [0.25, 0.3) is 0 Å². The molecule has 0 aromatic heterocycles. The van der Waals surface area contributed by atoms with E-state index in [2.05, 4.69) is 55.6 Å². The van der Waals surface area contributed by atoms with Crippen LogP contribution in [0.3, 0.4) is 0 Å². The van der Waals surface area contributed by atoms with E-state index in [1.165, 1.54) is 180 Å². The number of aliphatic hydroxyl groups is 1.